The molecule has 86 valence electrons. The molecule has 0 spiro atoms. The maximum atomic E-state index is 12.0. The van der Waals surface area contributed by atoms with E-state index < -0.39 is 0 Å². The molecule has 1 N–H and O–H groups in total. The van der Waals surface area contributed by atoms with Crippen molar-refractivity contribution in [2.75, 3.05) is 13.6 Å². The zero-order valence-electron chi connectivity index (χ0n) is 9.52. The normalized spacial score (nSPS) is 19.7. The van der Waals surface area contributed by atoms with Crippen molar-refractivity contribution in [2.24, 2.45) is 0 Å². The van der Waals surface area contributed by atoms with E-state index in [1.165, 1.54) is 0 Å². The molecule has 4 nitrogen and oxygen atoms in total. The minimum Gasteiger partial charge on any atom is -0.340 e. The summed E-state index contributed by atoms with van der Waals surface area (Å²) < 4.78 is 0. The Hall–Kier alpha value is -1.42. The Labute approximate surface area is 95.7 Å². The predicted octanol–water partition coefficient (Wildman–Crippen LogP) is 0.792. The van der Waals surface area contributed by atoms with Crippen LogP contribution in [0.5, 0.6) is 0 Å². The van der Waals surface area contributed by atoms with Gasteiger partial charge < -0.3 is 10.2 Å². The lowest BCUT2D eigenvalue weighted by molar-refractivity contribution is -0.132. The zero-order chi connectivity index (χ0) is 11.4. The predicted molar refractivity (Wildman–Crippen MR) is 61.7 cm³/mol. The van der Waals surface area contributed by atoms with Crippen LogP contribution in [0.3, 0.4) is 0 Å². The third kappa shape index (κ3) is 2.58. The molecule has 16 heavy (non-hydrogen) atoms. The number of carbonyl (C=O) groups excluding carboxylic acids is 1. The summed E-state index contributed by atoms with van der Waals surface area (Å²) in [5, 5.41) is 3.22. The van der Waals surface area contributed by atoms with Crippen molar-refractivity contribution in [2.45, 2.75) is 25.4 Å². The number of pyridine rings is 1. The van der Waals surface area contributed by atoms with Gasteiger partial charge in [0.15, 0.2) is 0 Å². The molecule has 4 heteroatoms. The van der Waals surface area contributed by atoms with Crippen LogP contribution in [0.4, 0.5) is 0 Å². The summed E-state index contributed by atoms with van der Waals surface area (Å²) in [7, 11) is 1.84. The van der Waals surface area contributed by atoms with E-state index in [9.17, 15) is 4.79 Å². The van der Waals surface area contributed by atoms with Gasteiger partial charge in [-0.25, -0.2) is 0 Å². The molecule has 1 aliphatic rings. The molecular formula is C12H17N3O. The fraction of sp³-hybridized carbons (Fsp3) is 0.500. The SMILES string of the molecule is CN(Cc1cccnc1)C(=O)C1CCCN1. The number of rotatable bonds is 3. The van der Waals surface area contributed by atoms with Crippen molar-refractivity contribution in [3.8, 4) is 0 Å². The highest BCUT2D eigenvalue weighted by molar-refractivity contribution is 5.81. The van der Waals surface area contributed by atoms with Crippen LogP contribution in [0, 0.1) is 0 Å². The number of aromatic nitrogens is 1. The second kappa shape index (κ2) is 5.07. The monoisotopic (exact) mass is 219 g/mol. The van der Waals surface area contributed by atoms with Gasteiger partial charge in [0.05, 0.1) is 6.04 Å². The molecule has 1 unspecified atom stereocenters. The molecule has 1 fully saturated rings. The lowest BCUT2D eigenvalue weighted by Gasteiger charge is -2.21. The molecule has 0 saturated carbocycles. The Bertz CT molecular complexity index is 347. The summed E-state index contributed by atoms with van der Waals surface area (Å²) in [6, 6.07) is 3.89. The molecule has 0 aromatic carbocycles. The van der Waals surface area contributed by atoms with Crippen molar-refractivity contribution >= 4 is 5.91 Å². The molecule has 0 aliphatic carbocycles. The average molecular weight is 219 g/mol. The van der Waals surface area contributed by atoms with Crippen LogP contribution in [0.2, 0.25) is 0 Å². The van der Waals surface area contributed by atoms with E-state index in [2.05, 4.69) is 10.3 Å². The molecule has 1 saturated heterocycles. The molecule has 0 radical (unpaired) electrons. The van der Waals surface area contributed by atoms with Crippen molar-refractivity contribution in [3.63, 3.8) is 0 Å². The van der Waals surface area contributed by atoms with Gasteiger partial charge in [-0.1, -0.05) is 6.07 Å². The van der Waals surface area contributed by atoms with E-state index in [0.29, 0.717) is 6.54 Å². The van der Waals surface area contributed by atoms with Crippen molar-refractivity contribution in [3.05, 3.63) is 30.1 Å². The average Bonchev–Trinajstić information content (AvgIpc) is 2.83. The lowest BCUT2D eigenvalue weighted by Crippen LogP contribution is -2.41. The Morgan fingerprint density at radius 3 is 3.19 bits per heavy atom. The molecule has 2 rings (SSSR count). The smallest absolute Gasteiger partial charge is 0.239 e. The highest BCUT2D eigenvalue weighted by atomic mass is 16.2. The van der Waals surface area contributed by atoms with E-state index in [1.807, 2.05) is 19.2 Å². The summed E-state index contributed by atoms with van der Waals surface area (Å²) in [5.74, 6) is 0.182. The quantitative estimate of drug-likeness (QED) is 0.817. The van der Waals surface area contributed by atoms with Gasteiger partial charge in [-0.2, -0.15) is 0 Å². The van der Waals surface area contributed by atoms with Gasteiger partial charge in [0, 0.05) is 26.0 Å². The van der Waals surface area contributed by atoms with Gasteiger partial charge >= 0.3 is 0 Å². The van der Waals surface area contributed by atoms with Crippen LogP contribution in [0.1, 0.15) is 18.4 Å². The first-order valence-electron chi connectivity index (χ1n) is 5.64. The first kappa shape index (κ1) is 11.1. The molecular weight excluding hydrogens is 202 g/mol. The van der Waals surface area contributed by atoms with E-state index in [4.69, 9.17) is 0 Å². The van der Waals surface area contributed by atoms with E-state index in [1.54, 1.807) is 17.3 Å². The van der Waals surface area contributed by atoms with E-state index in [0.717, 1.165) is 24.9 Å². The fourth-order valence-electron chi connectivity index (χ4n) is 2.00. The van der Waals surface area contributed by atoms with Crippen LogP contribution in [0.15, 0.2) is 24.5 Å². The summed E-state index contributed by atoms with van der Waals surface area (Å²) in [5.41, 5.74) is 1.07. The third-order valence-electron chi connectivity index (χ3n) is 2.88. The molecule has 1 aliphatic heterocycles. The lowest BCUT2D eigenvalue weighted by atomic mass is 10.2. The van der Waals surface area contributed by atoms with Crippen LogP contribution in [0.25, 0.3) is 0 Å². The van der Waals surface area contributed by atoms with Gasteiger partial charge in [0.25, 0.3) is 0 Å². The van der Waals surface area contributed by atoms with Crippen LogP contribution < -0.4 is 5.32 Å². The first-order valence-corrected chi connectivity index (χ1v) is 5.64. The molecule has 0 bridgehead atoms. The van der Waals surface area contributed by atoms with Crippen LogP contribution in [-0.2, 0) is 11.3 Å². The molecule has 1 aromatic heterocycles. The standard InChI is InChI=1S/C12H17N3O/c1-15(9-10-4-2-6-13-8-10)12(16)11-5-3-7-14-11/h2,4,6,8,11,14H,3,5,7,9H2,1H3. The molecule has 1 amide bonds. The zero-order valence-corrected chi connectivity index (χ0v) is 9.52. The fourth-order valence-corrected chi connectivity index (χ4v) is 2.00. The second-order valence-corrected chi connectivity index (χ2v) is 4.20. The highest BCUT2D eigenvalue weighted by Gasteiger charge is 2.24. The maximum Gasteiger partial charge on any atom is 0.239 e. The minimum absolute atomic E-state index is 0.0154. The number of hydrogen-bond donors (Lipinski definition) is 1. The van der Waals surface area contributed by atoms with Crippen LogP contribution in [-0.4, -0.2) is 35.4 Å². The second-order valence-electron chi connectivity index (χ2n) is 4.20. The molecule has 1 aromatic rings. The summed E-state index contributed by atoms with van der Waals surface area (Å²) in [4.78, 5) is 17.8. The summed E-state index contributed by atoms with van der Waals surface area (Å²) in [6.45, 7) is 1.59. The number of amides is 1. The maximum absolute atomic E-state index is 12.0. The largest absolute Gasteiger partial charge is 0.340 e. The van der Waals surface area contributed by atoms with Crippen molar-refractivity contribution in [1.82, 2.24) is 15.2 Å². The number of nitrogens with zero attached hydrogens (tertiary/aromatic N) is 2. The minimum atomic E-state index is 0.0154. The van der Waals surface area contributed by atoms with Gasteiger partial charge in [-0.05, 0) is 31.0 Å². The van der Waals surface area contributed by atoms with E-state index >= 15 is 0 Å². The first-order chi connectivity index (χ1) is 7.77. The van der Waals surface area contributed by atoms with Gasteiger partial charge in [-0.3, -0.25) is 9.78 Å². The Morgan fingerprint density at radius 2 is 2.56 bits per heavy atom. The number of likely N-dealkylation sites (N-methyl/N-ethyl adjacent to an activating group) is 1. The van der Waals surface area contributed by atoms with Crippen molar-refractivity contribution < 1.29 is 4.79 Å². The highest BCUT2D eigenvalue weighted by Crippen LogP contribution is 2.09. The molecule has 1 atom stereocenters. The number of nitrogens with one attached hydrogen (secondary N) is 1. The third-order valence-corrected chi connectivity index (χ3v) is 2.88. The molecule has 2 heterocycles. The summed E-state index contributed by atoms with van der Waals surface area (Å²) in [6.07, 6.45) is 5.59. The Balaban J connectivity index is 1.92. The number of hydrogen-bond acceptors (Lipinski definition) is 3. The number of carbonyl (C=O) groups is 1. The van der Waals surface area contributed by atoms with Crippen LogP contribution >= 0.6 is 0 Å². The van der Waals surface area contributed by atoms with Gasteiger partial charge in [0.1, 0.15) is 0 Å². The Kier molecular flexibility index (Phi) is 3.51. The van der Waals surface area contributed by atoms with Gasteiger partial charge in [0.2, 0.25) is 5.91 Å². The van der Waals surface area contributed by atoms with Gasteiger partial charge in [-0.15, -0.1) is 0 Å². The topological polar surface area (TPSA) is 45.2 Å². The van der Waals surface area contributed by atoms with E-state index in [-0.39, 0.29) is 11.9 Å². The van der Waals surface area contributed by atoms with Crippen molar-refractivity contribution in [1.29, 1.82) is 0 Å². The Morgan fingerprint density at radius 1 is 1.69 bits per heavy atom. The summed E-state index contributed by atoms with van der Waals surface area (Å²) >= 11 is 0.